The smallest absolute Gasteiger partial charge is 0.404 e. The topological polar surface area (TPSA) is 89.6 Å². The first-order chi connectivity index (χ1) is 6.04. The second-order valence-electron chi connectivity index (χ2n) is 1.81. The molecule has 1 amide bonds. The highest BCUT2D eigenvalue weighted by Gasteiger charge is 1.84. The van der Waals surface area contributed by atoms with E-state index in [1.807, 2.05) is 0 Å². The van der Waals surface area contributed by atoms with Crippen LogP contribution in [0.4, 0.5) is 4.79 Å². The molecule has 0 aliphatic heterocycles. The lowest BCUT2D eigenvalue weighted by molar-refractivity contribution is -0.135. The number of carboxylic acid groups (broad SMARTS) is 1. The van der Waals surface area contributed by atoms with Crippen LogP contribution in [0.25, 0.3) is 0 Å². The van der Waals surface area contributed by atoms with Gasteiger partial charge in [0.05, 0.1) is 6.42 Å². The Morgan fingerprint density at radius 1 is 1.38 bits per heavy atom. The number of carboxylic acids is 1. The minimum Gasteiger partial charge on any atom is -0.481 e. The molecule has 0 radical (unpaired) electrons. The number of hydrogen-bond acceptors (Lipinski definition) is 3. The van der Waals surface area contributed by atoms with E-state index in [1.165, 1.54) is 12.2 Å². The predicted molar refractivity (Wildman–Crippen MR) is 48.2 cm³/mol. The quantitative estimate of drug-likeness (QED) is 0.640. The molecule has 5 nitrogen and oxygen atoms in total. The van der Waals surface area contributed by atoms with Crippen LogP contribution >= 0.6 is 0 Å². The van der Waals surface area contributed by atoms with Crippen molar-refractivity contribution in [2.24, 2.45) is 5.73 Å². The minimum absolute atomic E-state index is 0.0556. The maximum atomic E-state index is 9.71. The molecular weight excluding hydrogens is 174 g/mol. The van der Waals surface area contributed by atoms with E-state index >= 15 is 0 Å². The van der Waals surface area contributed by atoms with E-state index < -0.39 is 12.1 Å². The van der Waals surface area contributed by atoms with Crippen molar-refractivity contribution < 1.29 is 19.4 Å². The fraction of sp³-hybridized carbons (Fsp3) is 0.250. The van der Waals surface area contributed by atoms with Crippen molar-refractivity contribution in [1.82, 2.24) is 0 Å². The Kier molecular flexibility index (Phi) is 10.8. The number of aliphatic carboxylic acids is 1. The Morgan fingerprint density at radius 2 is 1.92 bits per heavy atom. The molecule has 0 atom stereocenters. The Hall–Kier alpha value is -1.78. The number of carbonyl (C=O) groups excluding carboxylic acids is 1. The zero-order chi connectivity index (χ0) is 10.7. The largest absolute Gasteiger partial charge is 0.481 e. The summed E-state index contributed by atoms with van der Waals surface area (Å²) in [5.74, 6) is -0.829. The monoisotopic (exact) mass is 187 g/mol. The van der Waals surface area contributed by atoms with Crippen LogP contribution in [-0.2, 0) is 9.53 Å². The summed E-state index contributed by atoms with van der Waals surface area (Å²) in [4.78, 5) is 19.2. The Morgan fingerprint density at radius 3 is 2.00 bits per heavy atom. The normalized spacial score (nSPS) is 7.38. The van der Waals surface area contributed by atoms with Gasteiger partial charge in [0.25, 0.3) is 0 Å². The van der Waals surface area contributed by atoms with Crippen LogP contribution in [0.2, 0.25) is 0 Å². The van der Waals surface area contributed by atoms with Gasteiger partial charge in [-0.25, -0.2) is 4.79 Å². The van der Waals surface area contributed by atoms with Crippen LogP contribution < -0.4 is 5.73 Å². The molecule has 0 aliphatic carbocycles. The van der Waals surface area contributed by atoms with Crippen molar-refractivity contribution in [1.29, 1.82) is 0 Å². The molecule has 0 saturated carbocycles. The first-order valence-corrected chi connectivity index (χ1v) is 3.40. The first-order valence-electron chi connectivity index (χ1n) is 3.40. The van der Waals surface area contributed by atoms with Gasteiger partial charge >= 0.3 is 12.1 Å². The SMILES string of the molecule is C=CCC(=O)O.C=CCOC(N)=O. The van der Waals surface area contributed by atoms with Gasteiger partial charge in [0.1, 0.15) is 6.61 Å². The maximum Gasteiger partial charge on any atom is 0.404 e. The molecular formula is C8H13NO4. The summed E-state index contributed by atoms with van der Waals surface area (Å²) in [6.07, 6.45) is 2.09. The Balaban J connectivity index is 0. The van der Waals surface area contributed by atoms with Gasteiger partial charge in [0, 0.05) is 0 Å². The molecule has 74 valence electrons. The van der Waals surface area contributed by atoms with E-state index in [2.05, 4.69) is 23.6 Å². The number of ether oxygens (including phenoxy) is 1. The molecule has 0 fully saturated rings. The van der Waals surface area contributed by atoms with Crippen LogP contribution in [0.5, 0.6) is 0 Å². The summed E-state index contributed by atoms with van der Waals surface area (Å²) < 4.78 is 4.21. The van der Waals surface area contributed by atoms with Gasteiger partial charge < -0.3 is 15.6 Å². The third kappa shape index (κ3) is 25.3. The zero-order valence-electron chi connectivity index (χ0n) is 7.23. The second-order valence-corrected chi connectivity index (χ2v) is 1.81. The molecule has 0 unspecified atom stereocenters. The molecule has 0 aliphatic rings. The molecule has 0 heterocycles. The van der Waals surface area contributed by atoms with Gasteiger partial charge in [-0.05, 0) is 0 Å². The fourth-order valence-corrected chi connectivity index (χ4v) is 0.265. The average molecular weight is 187 g/mol. The zero-order valence-corrected chi connectivity index (χ0v) is 7.23. The van der Waals surface area contributed by atoms with E-state index in [0.29, 0.717) is 0 Å². The van der Waals surface area contributed by atoms with E-state index in [9.17, 15) is 9.59 Å². The van der Waals surface area contributed by atoms with Crippen molar-refractivity contribution in [3.63, 3.8) is 0 Å². The summed E-state index contributed by atoms with van der Waals surface area (Å²) >= 11 is 0. The molecule has 0 aromatic rings. The van der Waals surface area contributed by atoms with Gasteiger partial charge in [-0.3, -0.25) is 4.79 Å². The number of rotatable bonds is 4. The van der Waals surface area contributed by atoms with E-state index in [1.54, 1.807) is 0 Å². The number of primary amides is 1. The van der Waals surface area contributed by atoms with Crippen LogP contribution in [-0.4, -0.2) is 23.8 Å². The lowest BCUT2D eigenvalue weighted by atomic mass is 10.4. The lowest BCUT2D eigenvalue weighted by Crippen LogP contribution is -2.12. The first kappa shape index (κ1) is 13.8. The van der Waals surface area contributed by atoms with Gasteiger partial charge in [-0.2, -0.15) is 0 Å². The Labute approximate surface area is 76.5 Å². The van der Waals surface area contributed by atoms with Crippen LogP contribution in [0, 0.1) is 0 Å². The van der Waals surface area contributed by atoms with Crippen LogP contribution in [0.1, 0.15) is 6.42 Å². The molecule has 0 spiro atoms. The lowest BCUT2D eigenvalue weighted by Gasteiger charge is -1.90. The van der Waals surface area contributed by atoms with Gasteiger partial charge in [0.2, 0.25) is 0 Å². The summed E-state index contributed by atoms with van der Waals surface area (Å²) in [6, 6.07) is 0. The standard InChI is InChI=1S/C4H7NO2.C4H6O2/c1-2-3-7-4(5)6;1-2-3-4(5)6/h2H,1,3H2,(H2,5,6);2H,1,3H2,(H,5,6). The summed E-state index contributed by atoms with van der Waals surface area (Å²) in [7, 11) is 0. The summed E-state index contributed by atoms with van der Waals surface area (Å²) in [5, 5.41) is 7.84. The van der Waals surface area contributed by atoms with E-state index in [-0.39, 0.29) is 13.0 Å². The summed E-state index contributed by atoms with van der Waals surface area (Å²) in [5.41, 5.74) is 4.57. The highest BCUT2D eigenvalue weighted by Crippen LogP contribution is 1.74. The second kappa shape index (κ2) is 10.2. The molecule has 0 saturated heterocycles. The van der Waals surface area contributed by atoms with Crippen molar-refractivity contribution in [3.8, 4) is 0 Å². The van der Waals surface area contributed by atoms with E-state index in [4.69, 9.17) is 5.11 Å². The molecule has 3 N–H and O–H groups in total. The van der Waals surface area contributed by atoms with Gasteiger partial charge in [0.15, 0.2) is 0 Å². The molecule has 0 bridgehead atoms. The van der Waals surface area contributed by atoms with Gasteiger partial charge in [-0.15, -0.1) is 6.58 Å². The third-order valence-electron chi connectivity index (χ3n) is 0.662. The average Bonchev–Trinajstić information content (AvgIpc) is 2.01. The highest BCUT2D eigenvalue weighted by atomic mass is 16.5. The molecule has 5 heteroatoms. The predicted octanol–water partition coefficient (Wildman–Crippen LogP) is 0.915. The van der Waals surface area contributed by atoms with Crippen molar-refractivity contribution in [2.45, 2.75) is 6.42 Å². The van der Waals surface area contributed by atoms with Gasteiger partial charge in [-0.1, -0.05) is 18.7 Å². The maximum absolute atomic E-state index is 9.71. The fourth-order valence-electron chi connectivity index (χ4n) is 0.265. The molecule has 0 rings (SSSR count). The molecule has 0 aromatic heterocycles. The number of nitrogens with two attached hydrogens (primary N) is 1. The van der Waals surface area contributed by atoms with Crippen molar-refractivity contribution >= 4 is 12.1 Å². The van der Waals surface area contributed by atoms with Crippen LogP contribution in [0.3, 0.4) is 0 Å². The highest BCUT2D eigenvalue weighted by molar-refractivity contribution is 5.68. The third-order valence-corrected chi connectivity index (χ3v) is 0.662. The number of hydrogen-bond donors (Lipinski definition) is 2. The summed E-state index contributed by atoms with van der Waals surface area (Å²) in [6.45, 7) is 6.71. The van der Waals surface area contributed by atoms with Crippen LogP contribution in [0.15, 0.2) is 25.3 Å². The number of carbonyl (C=O) groups is 2. The Bertz CT molecular complexity index is 189. The van der Waals surface area contributed by atoms with Crippen molar-refractivity contribution in [2.75, 3.05) is 6.61 Å². The van der Waals surface area contributed by atoms with E-state index in [0.717, 1.165) is 0 Å². The van der Waals surface area contributed by atoms with Crippen molar-refractivity contribution in [3.05, 3.63) is 25.3 Å². The number of amides is 1. The minimum atomic E-state index is -0.829. The molecule has 13 heavy (non-hydrogen) atoms. The molecule has 0 aromatic carbocycles.